The molecule has 0 unspecified atom stereocenters. The van der Waals surface area contributed by atoms with Crippen molar-refractivity contribution in [2.75, 3.05) is 6.61 Å². The lowest BCUT2D eigenvalue weighted by molar-refractivity contribution is -0.109. The lowest BCUT2D eigenvalue weighted by Gasteiger charge is -2.00. The number of nitrogens with zero attached hydrogens (tertiary/aromatic N) is 2. The molecule has 2 aromatic rings. The van der Waals surface area contributed by atoms with E-state index in [0.29, 0.717) is 17.1 Å². The fourth-order valence-corrected chi connectivity index (χ4v) is 1.46. The first-order valence-corrected chi connectivity index (χ1v) is 5.04. The molecule has 0 radical (unpaired) electrons. The maximum absolute atomic E-state index is 10.1. The Morgan fingerprint density at radius 3 is 3.12 bits per heavy atom. The molecule has 82 valence electrons. The van der Waals surface area contributed by atoms with E-state index in [9.17, 15) is 4.79 Å². The van der Waals surface area contributed by atoms with Crippen LogP contribution in [-0.4, -0.2) is 22.7 Å². The van der Waals surface area contributed by atoms with Gasteiger partial charge in [0.15, 0.2) is 12.0 Å². The van der Waals surface area contributed by atoms with Gasteiger partial charge in [0, 0.05) is 5.02 Å². The number of aldehydes is 1. The highest BCUT2D eigenvalue weighted by atomic mass is 35.5. The van der Waals surface area contributed by atoms with E-state index in [4.69, 9.17) is 16.3 Å². The Bertz CT molecular complexity index is 496. The Labute approximate surface area is 97.4 Å². The highest BCUT2D eigenvalue weighted by Crippen LogP contribution is 2.16. The van der Waals surface area contributed by atoms with E-state index < -0.39 is 0 Å². The van der Waals surface area contributed by atoms with Gasteiger partial charge in [0.1, 0.15) is 6.61 Å². The maximum atomic E-state index is 10.1. The van der Waals surface area contributed by atoms with Crippen molar-refractivity contribution in [3.8, 4) is 11.4 Å². The van der Waals surface area contributed by atoms with Crippen LogP contribution in [0.15, 0.2) is 36.7 Å². The van der Waals surface area contributed by atoms with Crippen molar-refractivity contribution in [1.82, 2.24) is 9.78 Å². The normalized spacial score (nSPS) is 10.1. The number of hydrogen-bond donors (Lipinski definition) is 0. The van der Waals surface area contributed by atoms with Gasteiger partial charge in [-0.2, -0.15) is 5.10 Å². The molecule has 0 N–H and O–H groups in total. The molecule has 1 aromatic heterocycles. The summed E-state index contributed by atoms with van der Waals surface area (Å²) in [7, 11) is 0. The van der Waals surface area contributed by atoms with Crippen LogP contribution in [0.4, 0.5) is 0 Å². The first-order valence-electron chi connectivity index (χ1n) is 4.66. The summed E-state index contributed by atoms with van der Waals surface area (Å²) >= 11 is 5.87. The number of carbonyl (C=O) groups excluding carboxylic acids is 1. The van der Waals surface area contributed by atoms with E-state index in [1.54, 1.807) is 29.2 Å². The van der Waals surface area contributed by atoms with Crippen LogP contribution >= 0.6 is 11.6 Å². The van der Waals surface area contributed by atoms with Gasteiger partial charge in [0.05, 0.1) is 18.1 Å². The van der Waals surface area contributed by atoms with Crippen molar-refractivity contribution in [2.24, 2.45) is 0 Å². The average molecular weight is 237 g/mol. The van der Waals surface area contributed by atoms with Crippen LogP contribution in [-0.2, 0) is 4.79 Å². The summed E-state index contributed by atoms with van der Waals surface area (Å²) < 4.78 is 6.73. The monoisotopic (exact) mass is 236 g/mol. The van der Waals surface area contributed by atoms with Crippen molar-refractivity contribution in [3.05, 3.63) is 41.7 Å². The second kappa shape index (κ2) is 4.81. The summed E-state index contributed by atoms with van der Waals surface area (Å²) in [4.78, 5) is 10.1. The zero-order chi connectivity index (χ0) is 11.4. The number of aromatic nitrogens is 2. The third-order valence-electron chi connectivity index (χ3n) is 1.95. The van der Waals surface area contributed by atoms with Gasteiger partial charge in [-0.05, 0) is 18.2 Å². The second-order valence-corrected chi connectivity index (χ2v) is 3.51. The summed E-state index contributed by atoms with van der Waals surface area (Å²) in [5.41, 5.74) is 0.841. The minimum atomic E-state index is 0.0290. The third kappa shape index (κ3) is 2.41. The summed E-state index contributed by atoms with van der Waals surface area (Å²) in [6.07, 6.45) is 3.93. The molecule has 0 saturated heterocycles. The largest absolute Gasteiger partial charge is 0.483 e. The summed E-state index contributed by atoms with van der Waals surface area (Å²) in [6.45, 7) is 0.0290. The molecule has 0 aliphatic rings. The number of ether oxygens (including phenoxy) is 1. The van der Waals surface area contributed by atoms with E-state index in [2.05, 4.69) is 5.10 Å². The Balaban J connectivity index is 2.21. The van der Waals surface area contributed by atoms with Gasteiger partial charge in [-0.3, -0.25) is 4.79 Å². The fourth-order valence-electron chi connectivity index (χ4n) is 1.27. The quantitative estimate of drug-likeness (QED) is 0.764. The fraction of sp³-hybridized carbons (Fsp3) is 0.0909. The molecule has 0 aliphatic carbocycles. The van der Waals surface area contributed by atoms with E-state index in [1.807, 2.05) is 12.1 Å². The van der Waals surface area contributed by atoms with Gasteiger partial charge in [0.2, 0.25) is 0 Å². The molecule has 0 spiro atoms. The molecule has 0 amide bonds. The standard InChI is InChI=1S/C11H9ClN2O2/c12-9-2-1-3-10(6-9)14-8-11(7-13-14)16-5-4-15/h1-4,6-8H,5H2. The van der Waals surface area contributed by atoms with Crippen molar-refractivity contribution < 1.29 is 9.53 Å². The Hall–Kier alpha value is -1.81. The molecule has 0 bridgehead atoms. The van der Waals surface area contributed by atoms with E-state index in [1.165, 1.54) is 0 Å². The van der Waals surface area contributed by atoms with Crippen LogP contribution in [0.25, 0.3) is 5.69 Å². The summed E-state index contributed by atoms with van der Waals surface area (Å²) in [5.74, 6) is 0.548. The lowest BCUT2D eigenvalue weighted by atomic mass is 10.3. The van der Waals surface area contributed by atoms with Crippen molar-refractivity contribution in [2.45, 2.75) is 0 Å². The Morgan fingerprint density at radius 1 is 1.50 bits per heavy atom. The number of halogens is 1. The van der Waals surface area contributed by atoms with Crippen LogP contribution in [0.5, 0.6) is 5.75 Å². The average Bonchev–Trinajstić information content (AvgIpc) is 2.75. The number of hydrogen-bond acceptors (Lipinski definition) is 3. The van der Waals surface area contributed by atoms with Gasteiger partial charge in [-0.15, -0.1) is 0 Å². The summed E-state index contributed by atoms with van der Waals surface area (Å²) in [5, 5.41) is 4.74. The van der Waals surface area contributed by atoms with Crippen molar-refractivity contribution in [3.63, 3.8) is 0 Å². The van der Waals surface area contributed by atoms with Crippen LogP contribution in [0, 0.1) is 0 Å². The van der Waals surface area contributed by atoms with Gasteiger partial charge in [-0.1, -0.05) is 17.7 Å². The second-order valence-electron chi connectivity index (χ2n) is 3.08. The van der Waals surface area contributed by atoms with Crippen LogP contribution in [0.1, 0.15) is 0 Å². The van der Waals surface area contributed by atoms with Gasteiger partial charge < -0.3 is 4.74 Å². The van der Waals surface area contributed by atoms with Crippen LogP contribution < -0.4 is 4.74 Å². The molecule has 16 heavy (non-hydrogen) atoms. The highest BCUT2D eigenvalue weighted by Gasteiger charge is 2.01. The molecule has 2 rings (SSSR count). The smallest absolute Gasteiger partial charge is 0.158 e. The number of carbonyl (C=O) groups is 1. The van der Waals surface area contributed by atoms with Crippen LogP contribution in [0.2, 0.25) is 5.02 Å². The molecule has 1 heterocycles. The minimum absolute atomic E-state index is 0.0290. The molecular formula is C11H9ClN2O2. The predicted molar refractivity (Wildman–Crippen MR) is 60.1 cm³/mol. The molecule has 1 aromatic carbocycles. The predicted octanol–water partition coefficient (Wildman–Crippen LogP) is 2.10. The molecule has 0 aliphatic heterocycles. The summed E-state index contributed by atoms with van der Waals surface area (Å²) in [6, 6.07) is 7.30. The molecule has 5 heteroatoms. The van der Waals surface area contributed by atoms with Gasteiger partial charge in [0.25, 0.3) is 0 Å². The van der Waals surface area contributed by atoms with Crippen LogP contribution in [0.3, 0.4) is 0 Å². The SMILES string of the molecule is O=CCOc1cnn(-c2cccc(Cl)c2)c1. The minimum Gasteiger partial charge on any atom is -0.483 e. The number of benzene rings is 1. The molecular weight excluding hydrogens is 228 g/mol. The van der Waals surface area contributed by atoms with Gasteiger partial charge >= 0.3 is 0 Å². The zero-order valence-corrected chi connectivity index (χ0v) is 9.09. The molecule has 0 saturated carbocycles. The number of rotatable bonds is 4. The zero-order valence-electron chi connectivity index (χ0n) is 8.34. The molecule has 0 atom stereocenters. The first kappa shape index (κ1) is 10.7. The first-order chi connectivity index (χ1) is 7.79. The molecule has 0 fully saturated rings. The Morgan fingerprint density at radius 2 is 2.38 bits per heavy atom. The van der Waals surface area contributed by atoms with Crippen molar-refractivity contribution >= 4 is 17.9 Å². The topological polar surface area (TPSA) is 44.1 Å². The van der Waals surface area contributed by atoms with E-state index >= 15 is 0 Å². The van der Waals surface area contributed by atoms with Crippen molar-refractivity contribution in [1.29, 1.82) is 0 Å². The Kier molecular flexibility index (Phi) is 3.22. The van der Waals surface area contributed by atoms with Gasteiger partial charge in [-0.25, -0.2) is 4.68 Å². The highest BCUT2D eigenvalue weighted by molar-refractivity contribution is 6.30. The maximum Gasteiger partial charge on any atom is 0.158 e. The lowest BCUT2D eigenvalue weighted by Crippen LogP contribution is -1.96. The van der Waals surface area contributed by atoms with E-state index in [0.717, 1.165) is 5.69 Å². The molecule has 4 nitrogen and oxygen atoms in total. The van der Waals surface area contributed by atoms with E-state index in [-0.39, 0.29) is 6.61 Å². The third-order valence-corrected chi connectivity index (χ3v) is 2.18.